The molecular formula is C20H19N3O3. The van der Waals surface area contributed by atoms with E-state index >= 15 is 0 Å². The van der Waals surface area contributed by atoms with Gasteiger partial charge in [0.1, 0.15) is 5.75 Å². The predicted octanol–water partition coefficient (Wildman–Crippen LogP) is 3.31. The minimum Gasteiger partial charge on any atom is -0.481 e. The minimum atomic E-state index is -0.697. The number of nitrogens with one attached hydrogen (secondary N) is 2. The third-order valence-corrected chi connectivity index (χ3v) is 4.03. The number of nitriles is 1. The first-order valence-corrected chi connectivity index (χ1v) is 8.44. The molecule has 2 aromatic rings. The molecule has 0 heterocycles. The van der Waals surface area contributed by atoms with Gasteiger partial charge in [-0.25, -0.2) is 0 Å². The van der Waals surface area contributed by atoms with E-state index in [-0.39, 0.29) is 17.7 Å². The van der Waals surface area contributed by atoms with Gasteiger partial charge in [0.25, 0.3) is 5.91 Å². The van der Waals surface area contributed by atoms with Gasteiger partial charge >= 0.3 is 0 Å². The van der Waals surface area contributed by atoms with Crippen molar-refractivity contribution < 1.29 is 14.3 Å². The van der Waals surface area contributed by atoms with Crippen LogP contribution in [0.15, 0.2) is 48.5 Å². The maximum Gasteiger partial charge on any atom is 0.265 e. The zero-order valence-electron chi connectivity index (χ0n) is 14.4. The van der Waals surface area contributed by atoms with Crippen LogP contribution >= 0.6 is 0 Å². The summed E-state index contributed by atoms with van der Waals surface area (Å²) in [6, 6.07) is 15.6. The number of carbonyl (C=O) groups excluding carboxylic acids is 2. The molecule has 1 saturated carbocycles. The molecule has 1 atom stereocenters. The van der Waals surface area contributed by atoms with E-state index in [2.05, 4.69) is 10.6 Å². The van der Waals surface area contributed by atoms with Gasteiger partial charge in [-0.3, -0.25) is 9.59 Å². The molecule has 0 spiro atoms. The van der Waals surface area contributed by atoms with Crippen molar-refractivity contribution in [2.24, 2.45) is 5.92 Å². The Morgan fingerprint density at radius 1 is 1.04 bits per heavy atom. The largest absolute Gasteiger partial charge is 0.481 e. The molecule has 0 bridgehead atoms. The number of hydrogen-bond donors (Lipinski definition) is 2. The summed E-state index contributed by atoms with van der Waals surface area (Å²) in [7, 11) is 0. The molecule has 1 aliphatic carbocycles. The van der Waals surface area contributed by atoms with Crippen LogP contribution in [-0.2, 0) is 9.59 Å². The van der Waals surface area contributed by atoms with Crippen molar-refractivity contribution in [1.29, 1.82) is 5.26 Å². The van der Waals surface area contributed by atoms with Gasteiger partial charge in [-0.2, -0.15) is 5.26 Å². The molecule has 6 heteroatoms. The first-order chi connectivity index (χ1) is 12.5. The standard InChI is InChI=1S/C20H19N3O3/c1-13(26-18-10-2-14(12-21)3-11-18)19(24)22-16-6-8-17(9-7-16)23-20(25)15-4-5-15/h2-3,6-11,13,15H,4-5H2,1H3,(H,22,24)(H,23,25). The minimum absolute atomic E-state index is 0.0474. The molecule has 132 valence electrons. The number of rotatable bonds is 6. The zero-order chi connectivity index (χ0) is 18.5. The molecule has 2 amide bonds. The van der Waals surface area contributed by atoms with Crippen LogP contribution in [0.5, 0.6) is 5.75 Å². The molecule has 1 fully saturated rings. The zero-order valence-corrected chi connectivity index (χ0v) is 14.4. The fourth-order valence-electron chi connectivity index (χ4n) is 2.34. The van der Waals surface area contributed by atoms with E-state index in [1.165, 1.54) is 0 Å². The second kappa shape index (κ2) is 7.70. The summed E-state index contributed by atoms with van der Waals surface area (Å²) in [5, 5.41) is 14.4. The summed E-state index contributed by atoms with van der Waals surface area (Å²) in [5.41, 5.74) is 1.86. The third kappa shape index (κ3) is 4.61. The molecule has 0 radical (unpaired) electrons. The highest BCUT2D eigenvalue weighted by atomic mass is 16.5. The number of benzene rings is 2. The molecular weight excluding hydrogens is 330 g/mol. The molecule has 0 saturated heterocycles. The second-order valence-electron chi connectivity index (χ2n) is 6.23. The molecule has 26 heavy (non-hydrogen) atoms. The smallest absolute Gasteiger partial charge is 0.265 e. The average Bonchev–Trinajstić information content (AvgIpc) is 3.49. The van der Waals surface area contributed by atoms with E-state index in [1.54, 1.807) is 55.5 Å². The summed E-state index contributed by atoms with van der Waals surface area (Å²) >= 11 is 0. The van der Waals surface area contributed by atoms with Gasteiger partial charge in [-0.1, -0.05) is 0 Å². The van der Waals surface area contributed by atoms with Gasteiger partial charge in [0.2, 0.25) is 5.91 Å². The highest BCUT2D eigenvalue weighted by Gasteiger charge is 2.29. The highest BCUT2D eigenvalue weighted by molar-refractivity contribution is 5.96. The second-order valence-corrected chi connectivity index (χ2v) is 6.23. The van der Waals surface area contributed by atoms with E-state index in [0.717, 1.165) is 12.8 Å². The molecule has 0 aliphatic heterocycles. The SMILES string of the molecule is CC(Oc1ccc(C#N)cc1)C(=O)Nc1ccc(NC(=O)C2CC2)cc1. The van der Waals surface area contributed by atoms with E-state index < -0.39 is 6.10 Å². The number of nitrogens with zero attached hydrogens (tertiary/aromatic N) is 1. The Hall–Kier alpha value is -3.33. The predicted molar refractivity (Wildman–Crippen MR) is 97.7 cm³/mol. The lowest BCUT2D eigenvalue weighted by atomic mass is 10.2. The Morgan fingerprint density at radius 3 is 2.15 bits per heavy atom. The lowest BCUT2D eigenvalue weighted by molar-refractivity contribution is -0.122. The van der Waals surface area contributed by atoms with E-state index in [0.29, 0.717) is 22.7 Å². The molecule has 1 unspecified atom stereocenters. The fourth-order valence-corrected chi connectivity index (χ4v) is 2.34. The third-order valence-electron chi connectivity index (χ3n) is 4.03. The number of amides is 2. The molecule has 2 aromatic carbocycles. The molecule has 1 aliphatic rings. The quantitative estimate of drug-likeness (QED) is 0.837. The molecule has 2 N–H and O–H groups in total. The summed E-state index contributed by atoms with van der Waals surface area (Å²) in [6.07, 6.45) is 1.21. The van der Waals surface area contributed by atoms with Crippen LogP contribution in [0, 0.1) is 17.2 Å². The Morgan fingerprint density at radius 2 is 1.62 bits per heavy atom. The number of carbonyl (C=O) groups is 2. The first-order valence-electron chi connectivity index (χ1n) is 8.44. The number of hydrogen-bond acceptors (Lipinski definition) is 4. The topological polar surface area (TPSA) is 91.2 Å². The maximum absolute atomic E-state index is 12.2. The lowest BCUT2D eigenvalue weighted by Gasteiger charge is -2.15. The van der Waals surface area contributed by atoms with Gasteiger partial charge < -0.3 is 15.4 Å². The van der Waals surface area contributed by atoms with Gasteiger partial charge in [-0.15, -0.1) is 0 Å². The van der Waals surface area contributed by atoms with E-state index in [4.69, 9.17) is 10.00 Å². The Labute approximate surface area is 151 Å². The summed E-state index contributed by atoms with van der Waals surface area (Å²) in [4.78, 5) is 24.0. The van der Waals surface area contributed by atoms with Crippen molar-refractivity contribution in [2.45, 2.75) is 25.9 Å². The van der Waals surface area contributed by atoms with Crippen LogP contribution < -0.4 is 15.4 Å². The normalized spacial score (nSPS) is 14.0. The van der Waals surface area contributed by atoms with Gasteiger partial charge in [-0.05, 0) is 68.3 Å². The van der Waals surface area contributed by atoms with Crippen molar-refractivity contribution in [1.82, 2.24) is 0 Å². The van der Waals surface area contributed by atoms with Crippen molar-refractivity contribution in [3.8, 4) is 11.8 Å². The van der Waals surface area contributed by atoms with Crippen LogP contribution in [-0.4, -0.2) is 17.9 Å². The number of ether oxygens (including phenoxy) is 1. The summed E-state index contributed by atoms with van der Waals surface area (Å²) in [5.74, 6) is 0.426. The van der Waals surface area contributed by atoms with Crippen molar-refractivity contribution in [3.63, 3.8) is 0 Å². The van der Waals surface area contributed by atoms with Crippen LogP contribution in [0.25, 0.3) is 0 Å². The van der Waals surface area contributed by atoms with Crippen LogP contribution in [0.4, 0.5) is 11.4 Å². The van der Waals surface area contributed by atoms with Crippen LogP contribution in [0.2, 0.25) is 0 Å². The number of anilines is 2. The fraction of sp³-hybridized carbons (Fsp3) is 0.250. The van der Waals surface area contributed by atoms with Gasteiger partial charge in [0.15, 0.2) is 6.10 Å². The lowest BCUT2D eigenvalue weighted by Crippen LogP contribution is -2.30. The van der Waals surface area contributed by atoms with Crippen LogP contribution in [0.3, 0.4) is 0 Å². The van der Waals surface area contributed by atoms with Crippen molar-refractivity contribution in [3.05, 3.63) is 54.1 Å². The molecule has 6 nitrogen and oxygen atoms in total. The Bertz CT molecular complexity index is 834. The maximum atomic E-state index is 12.2. The Balaban J connectivity index is 1.52. The Kier molecular flexibility index (Phi) is 5.18. The van der Waals surface area contributed by atoms with Crippen molar-refractivity contribution in [2.75, 3.05) is 10.6 Å². The molecule has 3 rings (SSSR count). The summed E-state index contributed by atoms with van der Waals surface area (Å²) in [6.45, 7) is 1.65. The monoisotopic (exact) mass is 349 g/mol. The average molecular weight is 349 g/mol. The van der Waals surface area contributed by atoms with E-state index in [9.17, 15) is 9.59 Å². The van der Waals surface area contributed by atoms with Crippen molar-refractivity contribution >= 4 is 23.2 Å². The van der Waals surface area contributed by atoms with Gasteiger partial charge in [0, 0.05) is 17.3 Å². The highest BCUT2D eigenvalue weighted by Crippen LogP contribution is 2.30. The summed E-state index contributed by atoms with van der Waals surface area (Å²) < 4.78 is 5.58. The van der Waals surface area contributed by atoms with Gasteiger partial charge in [0.05, 0.1) is 11.6 Å². The first kappa shape index (κ1) is 17.5. The van der Waals surface area contributed by atoms with E-state index in [1.807, 2.05) is 6.07 Å². The molecule has 0 aromatic heterocycles. The van der Waals surface area contributed by atoms with Crippen LogP contribution in [0.1, 0.15) is 25.3 Å².